The number of rotatable bonds is 6. The molecule has 1 aliphatic heterocycles. The Morgan fingerprint density at radius 2 is 1.70 bits per heavy atom. The summed E-state index contributed by atoms with van der Waals surface area (Å²) in [6.45, 7) is 2.87. The molecule has 0 radical (unpaired) electrons. The van der Waals surface area contributed by atoms with Gasteiger partial charge in [0.1, 0.15) is 10.6 Å². The van der Waals surface area contributed by atoms with E-state index < -0.39 is 10.0 Å². The van der Waals surface area contributed by atoms with E-state index in [2.05, 4.69) is 21.2 Å². The van der Waals surface area contributed by atoms with Crippen LogP contribution in [0.3, 0.4) is 0 Å². The van der Waals surface area contributed by atoms with Gasteiger partial charge in [-0.2, -0.15) is 4.31 Å². The normalized spacial score (nSPS) is 16.5. The van der Waals surface area contributed by atoms with Gasteiger partial charge in [0.25, 0.3) is 5.91 Å². The lowest BCUT2D eigenvalue weighted by Crippen LogP contribution is -2.32. The summed E-state index contributed by atoms with van der Waals surface area (Å²) >= 11 is 3.40. The fourth-order valence-electron chi connectivity index (χ4n) is 3.56. The first-order chi connectivity index (χ1) is 14.3. The molecule has 1 saturated heterocycles. The molecule has 0 unspecified atom stereocenters. The van der Waals surface area contributed by atoms with Crippen LogP contribution >= 0.6 is 15.9 Å². The van der Waals surface area contributed by atoms with Crippen LogP contribution in [0.25, 0.3) is 0 Å². The van der Waals surface area contributed by atoms with Crippen molar-refractivity contribution in [1.29, 1.82) is 0 Å². The van der Waals surface area contributed by atoms with E-state index in [9.17, 15) is 13.2 Å². The molecule has 2 aromatic carbocycles. The molecule has 1 N–H and O–H groups in total. The number of hydrogen-bond acceptors (Lipinski definition) is 4. The highest BCUT2D eigenvalue weighted by atomic mass is 79.9. The first kappa shape index (κ1) is 22.8. The van der Waals surface area contributed by atoms with Gasteiger partial charge < -0.3 is 10.1 Å². The van der Waals surface area contributed by atoms with Crippen LogP contribution in [0.4, 0.5) is 0 Å². The van der Waals surface area contributed by atoms with Crippen molar-refractivity contribution in [2.75, 3.05) is 20.2 Å². The zero-order valence-corrected chi connectivity index (χ0v) is 19.6. The van der Waals surface area contributed by atoms with Crippen LogP contribution in [-0.4, -0.2) is 38.8 Å². The maximum atomic E-state index is 13.3. The quantitative estimate of drug-likeness (QED) is 0.640. The molecular formula is C22H27BrN2O4S. The molecule has 0 saturated carbocycles. The van der Waals surface area contributed by atoms with Crippen molar-refractivity contribution in [3.05, 3.63) is 58.1 Å². The number of amides is 1. The van der Waals surface area contributed by atoms with Crippen molar-refractivity contribution in [3.63, 3.8) is 0 Å². The average molecular weight is 495 g/mol. The van der Waals surface area contributed by atoms with Gasteiger partial charge in [0.15, 0.2) is 0 Å². The molecule has 6 nitrogen and oxygen atoms in total. The largest absolute Gasteiger partial charge is 0.495 e. The summed E-state index contributed by atoms with van der Waals surface area (Å²) in [6, 6.07) is 12.0. The standard InChI is InChI=1S/C22H27BrN2O4S/c1-16(17-7-10-19(23)11-8-17)24-22(26)18-9-12-20(29-2)21(15-18)30(27,28)25-13-5-3-4-6-14-25/h7-12,15-16H,3-6,13-14H2,1-2H3,(H,24,26)/t16-/m0/s1. The lowest BCUT2D eigenvalue weighted by atomic mass is 10.1. The molecule has 1 heterocycles. The van der Waals surface area contributed by atoms with E-state index in [1.165, 1.54) is 17.5 Å². The van der Waals surface area contributed by atoms with Gasteiger partial charge in [-0.15, -0.1) is 0 Å². The highest BCUT2D eigenvalue weighted by Gasteiger charge is 2.29. The zero-order valence-electron chi connectivity index (χ0n) is 17.2. The van der Waals surface area contributed by atoms with Gasteiger partial charge in [-0.1, -0.05) is 40.9 Å². The summed E-state index contributed by atoms with van der Waals surface area (Å²) < 4.78 is 34.3. The molecule has 1 atom stereocenters. The molecule has 3 rings (SSSR count). The first-order valence-corrected chi connectivity index (χ1v) is 12.3. The summed E-state index contributed by atoms with van der Waals surface area (Å²) in [5.74, 6) is -0.0860. The molecule has 30 heavy (non-hydrogen) atoms. The number of hydrogen-bond donors (Lipinski definition) is 1. The van der Waals surface area contributed by atoms with Gasteiger partial charge in [0, 0.05) is 23.1 Å². The number of benzene rings is 2. The second-order valence-electron chi connectivity index (χ2n) is 7.43. The summed E-state index contributed by atoms with van der Waals surface area (Å²) in [6.07, 6.45) is 3.73. The highest BCUT2D eigenvalue weighted by Crippen LogP contribution is 2.29. The Labute approximate surface area is 186 Å². The number of carbonyl (C=O) groups is 1. The molecule has 2 aromatic rings. The predicted molar refractivity (Wildman–Crippen MR) is 120 cm³/mol. The van der Waals surface area contributed by atoms with Crippen molar-refractivity contribution >= 4 is 31.9 Å². The molecule has 1 aliphatic rings. The fraction of sp³-hybridized carbons (Fsp3) is 0.409. The summed E-state index contributed by atoms with van der Waals surface area (Å²) in [5, 5.41) is 2.93. The van der Waals surface area contributed by atoms with Gasteiger partial charge >= 0.3 is 0 Å². The van der Waals surface area contributed by atoms with Crippen molar-refractivity contribution in [2.24, 2.45) is 0 Å². The Morgan fingerprint density at radius 3 is 2.30 bits per heavy atom. The lowest BCUT2D eigenvalue weighted by Gasteiger charge is -2.22. The molecule has 0 bridgehead atoms. The van der Waals surface area contributed by atoms with Gasteiger partial charge in [-0.3, -0.25) is 4.79 Å². The summed E-state index contributed by atoms with van der Waals surface area (Å²) in [7, 11) is -2.31. The summed E-state index contributed by atoms with van der Waals surface area (Å²) in [4.78, 5) is 12.9. The van der Waals surface area contributed by atoms with E-state index in [4.69, 9.17) is 4.74 Å². The monoisotopic (exact) mass is 494 g/mol. The zero-order chi connectivity index (χ0) is 21.7. The number of methoxy groups -OCH3 is 1. The maximum absolute atomic E-state index is 13.3. The van der Waals surface area contributed by atoms with Crippen LogP contribution in [-0.2, 0) is 10.0 Å². The van der Waals surface area contributed by atoms with Crippen LogP contribution in [0.2, 0.25) is 0 Å². The number of halogens is 1. The van der Waals surface area contributed by atoms with E-state index in [0.717, 1.165) is 35.7 Å². The smallest absolute Gasteiger partial charge is 0.251 e. The minimum atomic E-state index is -3.75. The Bertz CT molecular complexity index is 985. The molecule has 1 amide bonds. The third-order valence-corrected chi connectivity index (χ3v) is 7.77. The second-order valence-corrected chi connectivity index (χ2v) is 10.3. The molecule has 1 fully saturated rings. The molecular weight excluding hydrogens is 468 g/mol. The van der Waals surface area contributed by atoms with Crippen LogP contribution in [0.5, 0.6) is 5.75 Å². The Hall–Kier alpha value is -1.90. The highest BCUT2D eigenvalue weighted by molar-refractivity contribution is 9.10. The fourth-order valence-corrected chi connectivity index (χ4v) is 5.52. The number of sulfonamides is 1. The minimum Gasteiger partial charge on any atom is -0.495 e. The molecule has 0 aliphatic carbocycles. The van der Waals surface area contributed by atoms with E-state index in [1.54, 1.807) is 12.1 Å². The Kier molecular flexibility index (Phi) is 7.55. The number of ether oxygens (including phenoxy) is 1. The number of nitrogens with one attached hydrogen (secondary N) is 1. The minimum absolute atomic E-state index is 0.0378. The van der Waals surface area contributed by atoms with Crippen molar-refractivity contribution in [1.82, 2.24) is 9.62 Å². The number of carbonyl (C=O) groups excluding carboxylic acids is 1. The van der Waals surface area contributed by atoms with E-state index >= 15 is 0 Å². The third-order valence-electron chi connectivity index (χ3n) is 5.33. The van der Waals surface area contributed by atoms with E-state index in [0.29, 0.717) is 13.1 Å². The van der Waals surface area contributed by atoms with Crippen LogP contribution < -0.4 is 10.1 Å². The first-order valence-electron chi connectivity index (χ1n) is 10.1. The molecule has 162 valence electrons. The number of nitrogens with zero attached hydrogens (tertiary/aromatic N) is 1. The van der Waals surface area contributed by atoms with E-state index in [1.807, 2.05) is 31.2 Å². The third kappa shape index (κ3) is 5.22. The van der Waals surface area contributed by atoms with Gasteiger partial charge in [0.05, 0.1) is 13.2 Å². The second kappa shape index (κ2) is 9.94. The molecule has 0 aromatic heterocycles. The molecule has 0 spiro atoms. The predicted octanol–water partition coefficient (Wildman–Crippen LogP) is 4.51. The van der Waals surface area contributed by atoms with Gasteiger partial charge in [-0.05, 0) is 55.7 Å². The lowest BCUT2D eigenvalue weighted by molar-refractivity contribution is 0.0939. The van der Waals surface area contributed by atoms with Crippen LogP contribution in [0, 0.1) is 0 Å². The SMILES string of the molecule is COc1ccc(C(=O)N[C@@H](C)c2ccc(Br)cc2)cc1S(=O)(=O)N1CCCCCC1. The van der Waals surface area contributed by atoms with Crippen LogP contribution in [0.1, 0.15) is 54.6 Å². The maximum Gasteiger partial charge on any atom is 0.251 e. The van der Waals surface area contributed by atoms with Gasteiger partial charge in [0.2, 0.25) is 10.0 Å². The molecule has 8 heteroatoms. The van der Waals surface area contributed by atoms with Crippen molar-refractivity contribution < 1.29 is 17.9 Å². The van der Waals surface area contributed by atoms with E-state index in [-0.39, 0.29) is 28.2 Å². The van der Waals surface area contributed by atoms with Crippen molar-refractivity contribution in [2.45, 2.75) is 43.5 Å². The van der Waals surface area contributed by atoms with Crippen molar-refractivity contribution in [3.8, 4) is 5.75 Å². The van der Waals surface area contributed by atoms with Crippen LogP contribution in [0.15, 0.2) is 51.8 Å². The average Bonchev–Trinajstić information content (AvgIpc) is 3.04. The Morgan fingerprint density at radius 1 is 1.07 bits per heavy atom. The topological polar surface area (TPSA) is 75.7 Å². The summed E-state index contributed by atoms with van der Waals surface area (Å²) in [5.41, 5.74) is 1.24. The Balaban J connectivity index is 1.86. The van der Waals surface area contributed by atoms with Gasteiger partial charge in [-0.25, -0.2) is 8.42 Å².